The number of nitrogens with zero attached hydrogens (tertiary/aromatic N) is 1. The Hall–Kier alpha value is -2.08. The Morgan fingerprint density at radius 2 is 2.05 bits per heavy atom. The molecule has 0 saturated heterocycles. The van der Waals surface area contributed by atoms with E-state index in [1.165, 1.54) is 19.1 Å². The third-order valence-corrected chi connectivity index (χ3v) is 3.69. The highest BCUT2D eigenvalue weighted by molar-refractivity contribution is 7.17. The Morgan fingerprint density at radius 3 is 2.53 bits per heavy atom. The molecule has 0 atom stereocenters. The van der Waals surface area contributed by atoms with E-state index in [1.807, 2.05) is 0 Å². The van der Waals surface area contributed by atoms with Crippen LogP contribution in [0.15, 0.2) is 18.2 Å². The summed E-state index contributed by atoms with van der Waals surface area (Å²) in [6, 6.07) is 4.57. The van der Waals surface area contributed by atoms with Gasteiger partial charge in [0.05, 0.1) is 0 Å². The van der Waals surface area contributed by atoms with Crippen molar-refractivity contribution in [3.63, 3.8) is 0 Å². The summed E-state index contributed by atoms with van der Waals surface area (Å²) >= 11 is 0.888. The van der Waals surface area contributed by atoms with Crippen LogP contribution < -0.4 is 0 Å². The van der Waals surface area contributed by atoms with Gasteiger partial charge in [-0.2, -0.15) is 0 Å². The van der Waals surface area contributed by atoms with Gasteiger partial charge in [0, 0.05) is 12.5 Å². The van der Waals surface area contributed by atoms with Crippen molar-refractivity contribution in [1.29, 1.82) is 0 Å². The first-order valence-electron chi connectivity index (χ1n) is 5.41. The number of carboxylic acids is 1. The summed E-state index contributed by atoms with van der Waals surface area (Å²) in [5.74, 6) is -2.17. The molecule has 0 fully saturated rings. The number of hydrogen-bond acceptors (Lipinski definition) is 4. The predicted octanol–water partition coefficient (Wildman–Crippen LogP) is 3.16. The summed E-state index contributed by atoms with van der Waals surface area (Å²) in [4.78, 5) is 26.3. The lowest BCUT2D eigenvalue weighted by atomic mass is 10.1. The van der Waals surface area contributed by atoms with Gasteiger partial charge < -0.3 is 5.11 Å². The molecule has 6 heteroatoms. The second-order valence-corrected chi connectivity index (χ2v) is 5.04. The third-order valence-electron chi connectivity index (χ3n) is 2.50. The van der Waals surface area contributed by atoms with Crippen LogP contribution in [0, 0.1) is 12.7 Å². The topological polar surface area (TPSA) is 67.3 Å². The van der Waals surface area contributed by atoms with E-state index in [9.17, 15) is 14.0 Å². The molecule has 1 aromatic carbocycles. The molecule has 0 amide bonds. The molecule has 0 saturated carbocycles. The average Bonchev–Trinajstić information content (AvgIpc) is 2.73. The normalized spacial score (nSPS) is 10.5. The number of rotatable bonds is 3. The predicted molar refractivity (Wildman–Crippen MR) is 69.2 cm³/mol. The Bertz CT molecular complexity index is 647. The highest BCUT2D eigenvalue weighted by atomic mass is 32.1. The summed E-state index contributed by atoms with van der Waals surface area (Å²) in [5, 5.41) is 9.18. The molecule has 0 aliphatic rings. The molecule has 1 aromatic heterocycles. The smallest absolute Gasteiger partial charge is 0.356 e. The number of hydrogen-bond donors (Lipinski definition) is 1. The Labute approximate surface area is 112 Å². The second-order valence-electron chi connectivity index (χ2n) is 4.04. The number of carboxylic acid groups (broad SMARTS) is 1. The van der Waals surface area contributed by atoms with Gasteiger partial charge in [-0.1, -0.05) is 6.07 Å². The SMILES string of the molecule is CC(=O)c1sc(-c2ccc(C)cc2F)nc1C(=O)O. The van der Waals surface area contributed by atoms with E-state index in [1.54, 1.807) is 13.0 Å². The van der Waals surface area contributed by atoms with E-state index in [0.29, 0.717) is 0 Å². The number of halogens is 1. The number of Topliss-reactive ketones (excluding diaryl/α,β-unsaturated/α-hetero) is 1. The standard InChI is InChI=1S/C13H10FNO3S/c1-6-3-4-8(9(14)5-6)12-15-10(13(17)18)11(19-12)7(2)16/h3-5H,1-2H3,(H,17,18). The maximum absolute atomic E-state index is 13.8. The number of benzene rings is 1. The molecule has 0 aliphatic carbocycles. The monoisotopic (exact) mass is 279 g/mol. The molecule has 1 N–H and O–H groups in total. The lowest BCUT2D eigenvalue weighted by Gasteiger charge is -1.99. The van der Waals surface area contributed by atoms with Gasteiger partial charge in [-0.3, -0.25) is 4.79 Å². The maximum atomic E-state index is 13.8. The van der Waals surface area contributed by atoms with Gasteiger partial charge in [-0.25, -0.2) is 14.2 Å². The van der Waals surface area contributed by atoms with Crippen LogP contribution in [0.4, 0.5) is 4.39 Å². The Balaban J connectivity index is 2.60. The number of aromatic carboxylic acids is 1. The van der Waals surface area contributed by atoms with E-state index in [0.717, 1.165) is 16.9 Å². The maximum Gasteiger partial charge on any atom is 0.356 e. The summed E-state index contributed by atoms with van der Waals surface area (Å²) in [6.45, 7) is 3.01. The number of ketones is 1. The summed E-state index contributed by atoms with van der Waals surface area (Å²) < 4.78 is 13.8. The van der Waals surface area contributed by atoms with Crippen LogP contribution in [0.25, 0.3) is 10.6 Å². The van der Waals surface area contributed by atoms with E-state index in [-0.39, 0.29) is 21.1 Å². The van der Waals surface area contributed by atoms with Crippen molar-refractivity contribution in [3.8, 4) is 10.6 Å². The zero-order chi connectivity index (χ0) is 14.2. The molecule has 19 heavy (non-hydrogen) atoms. The molecule has 0 aliphatic heterocycles. The zero-order valence-electron chi connectivity index (χ0n) is 10.2. The number of carbonyl (C=O) groups is 2. The first-order valence-corrected chi connectivity index (χ1v) is 6.23. The van der Waals surface area contributed by atoms with E-state index in [2.05, 4.69) is 4.98 Å². The first-order chi connectivity index (χ1) is 8.90. The molecule has 4 nitrogen and oxygen atoms in total. The second kappa shape index (κ2) is 4.89. The quantitative estimate of drug-likeness (QED) is 0.876. The highest BCUT2D eigenvalue weighted by Crippen LogP contribution is 2.30. The zero-order valence-corrected chi connectivity index (χ0v) is 11.0. The van der Waals surface area contributed by atoms with Crippen molar-refractivity contribution in [2.45, 2.75) is 13.8 Å². The van der Waals surface area contributed by atoms with Crippen molar-refractivity contribution in [2.24, 2.45) is 0 Å². The largest absolute Gasteiger partial charge is 0.476 e. The van der Waals surface area contributed by atoms with Gasteiger partial charge in [-0.05, 0) is 24.6 Å². The van der Waals surface area contributed by atoms with Crippen LogP contribution in [0.2, 0.25) is 0 Å². The van der Waals surface area contributed by atoms with Crippen LogP contribution in [-0.2, 0) is 0 Å². The molecule has 0 spiro atoms. The summed E-state index contributed by atoms with van der Waals surface area (Å²) in [6.07, 6.45) is 0. The first kappa shape index (κ1) is 13.4. The molecule has 2 aromatic rings. The molecule has 0 radical (unpaired) electrons. The van der Waals surface area contributed by atoms with Crippen LogP contribution in [0.5, 0.6) is 0 Å². The van der Waals surface area contributed by atoms with Crippen LogP contribution >= 0.6 is 11.3 Å². The van der Waals surface area contributed by atoms with Gasteiger partial charge >= 0.3 is 5.97 Å². The van der Waals surface area contributed by atoms with Crippen molar-refractivity contribution >= 4 is 23.1 Å². The van der Waals surface area contributed by atoms with Gasteiger partial charge in [0.1, 0.15) is 15.7 Å². The summed E-state index contributed by atoms with van der Waals surface area (Å²) in [5.41, 5.74) is 0.626. The van der Waals surface area contributed by atoms with E-state index >= 15 is 0 Å². The van der Waals surface area contributed by atoms with E-state index in [4.69, 9.17) is 5.11 Å². The number of aromatic nitrogens is 1. The minimum Gasteiger partial charge on any atom is -0.476 e. The highest BCUT2D eigenvalue weighted by Gasteiger charge is 2.22. The van der Waals surface area contributed by atoms with Crippen LogP contribution in [0.1, 0.15) is 32.6 Å². The lowest BCUT2D eigenvalue weighted by Crippen LogP contribution is -2.03. The van der Waals surface area contributed by atoms with Crippen molar-refractivity contribution in [1.82, 2.24) is 4.98 Å². The van der Waals surface area contributed by atoms with Crippen molar-refractivity contribution < 1.29 is 19.1 Å². The van der Waals surface area contributed by atoms with Crippen molar-refractivity contribution in [2.75, 3.05) is 0 Å². The number of thiazole rings is 1. The molecule has 2 rings (SSSR count). The van der Waals surface area contributed by atoms with Gasteiger partial charge in [0.25, 0.3) is 0 Å². The third kappa shape index (κ3) is 2.53. The van der Waals surface area contributed by atoms with Crippen molar-refractivity contribution in [3.05, 3.63) is 40.2 Å². The fourth-order valence-corrected chi connectivity index (χ4v) is 2.59. The minimum absolute atomic E-state index is 0.0301. The van der Waals surface area contributed by atoms with E-state index < -0.39 is 17.6 Å². The fourth-order valence-electron chi connectivity index (χ4n) is 1.61. The van der Waals surface area contributed by atoms with Gasteiger partial charge in [0.2, 0.25) is 0 Å². The Morgan fingerprint density at radius 1 is 1.37 bits per heavy atom. The molecule has 98 valence electrons. The van der Waals surface area contributed by atoms with Crippen LogP contribution in [0.3, 0.4) is 0 Å². The minimum atomic E-state index is -1.29. The molecular weight excluding hydrogens is 269 g/mol. The molecular formula is C13H10FNO3S. The fraction of sp³-hybridized carbons (Fsp3) is 0.154. The van der Waals surface area contributed by atoms with Gasteiger partial charge in [0.15, 0.2) is 11.5 Å². The lowest BCUT2D eigenvalue weighted by molar-refractivity contribution is 0.0687. The number of aryl methyl sites for hydroxylation is 1. The molecule has 1 heterocycles. The molecule has 0 unspecified atom stereocenters. The number of carbonyl (C=O) groups excluding carboxylic acids is 1. The van der Waals surface area contributed by atoms with Crippen LogP contribution in [-0.4, -0.2) is 21.8 Å². The summed E-state index contributed by atoms with van der Waals surface area (Å²) in [7, 11) is 0. The average molecular weight is 279 g/mol. The van der Waals surface area contributed by atoms with Gasteiger partial charge in [-0.15, -0.1) is 11.3 Å². The molecule has 0 bridgehead atoms. The Kier molecular flexibility index (Phi) is 3.44.